The largest absolute Gasteiger partial charge is 0.453 e. The van der Waals surface area contributed by atoms with Crippen LogP contribution in [0.5, 0.6) is 0 Å². The van der Waals surface area contributed by atoms with Crippen molar-refractivity contribution in [2.24, 2.45) is 11.8 Å². The molecule has 0 aromatic carbocycles. The number of amides is 2. The number of hydrogen-bond donors (Lipinski definition) is 1. The molecule has 2 aliphatic heterocycles. The lowest BCUT2D eigenvalue weighted by molar-refractivity contribution is -0.136. The highest BCUT2D eigenvalue weighted by atomic mass is 16.5. The molecular weight excluding hydrogens is 296 g/mol. The number of hydrogen-bond acceptors (Lipinski definition) is 4. The third-order valence-corrected chi connectivity index (χ3v) is 5.07. The highest BCUT2D eigenvalue weighted by Gasteiger charge is 2.50. The summed E-state index contributed by atoms with van der Waals surface area (Å²) in [5, 5.41) is 2.69. The summed E-state index contributed by atoms with van der Waals surface area (Å²) >= 11 is 0. The summed E-state index contributed by atoms with van der Waals surface area (Å²) in [6.45, 7) is 9.54. The molecule has 0 radical (unpaired) electrons. The van der Waals surface area contributed by atoms with Crippen molar-refractivity contribution in [3.63, 3.8) is 0 Å². The van der Waals surface area contributed by atoms with Crippen molar-refractivity contribution in [1.29, 1.82) is 0 Å². The van der Waals surface area contributed by atoms with E-state index in [-0.39, 0.29) is 23.5 Å². The van der Waals surface area contributed by atoms with Crippen LogP contribution in [0.1, 0.15) is 47.0 Å². The fraction of sp³-hybridized carbons (Fsp3) is 0.882. The van der Waals surface area contributed by atoms with E-state index in [9.17, 15) is 9.59 Å². The molecule has 132 valence electrons. The molecule has 3 atom stereocenters. The molecule has 6 heteroatoms. The van der Waals surface area contributed by atoms with Crippen molar-refractivity contribution in [3.8, 4) is 0 Å². The first kappa shape index (κ1) is 18.0. The van der Waals surface area contributed by atoms with Crippen molar-refractivity contribution >= 4 is 12.0 Å². The van der Waals surface area contributed by atoms with Gasteiger partial charge in [-0.25, -0.2) is 4.79 Å². The van der Waals surface area contributed by atoms with Crippen LogP contribution in [0.4, 0.5) is 4.79 Å². The van der Waals surface area contributed by atoms with E-state index >= 15 is 0 Å². The van der Waals surface area contributed by atoms with Crippen LogP contribution in [-0.2, 0) is 14.3 Å². The van der Waals surface area contributed by atoms with Gasteiger partial charge >= 0.3 is 6.09 Å². The Hall–Kier alpha value is -1.30. The maximum absolute atomic E-state index is 13.1. The average molecular weight is 326 g/mol. The van der Waals surface area contributed by atoms with Crippen molar-refractivity contribution in [2.45, 2.75) is 64.6 Å². The standard InChI is InChI=1S/C17H30N2O4/c1-11(2)13-9-17(7-6-8-23-17)10-19(13)15(20)14(12(3)4)18-16(21)22-5/h11-14H,6-10H2,1-5H3,(H,18,21)/t13-,14-,17+/m0/s1. The van der Waals surface area contributed by atoms with Gasteiger partial charge in [0, 0.05) is 12.6 Å². The second-order valence-corrected chi connectivity index (χ2v) is 7.47. The van der Waals surface area contributed by atoms with Crippen molar-refractivity contribution in [2.75, 3.05) is 20.3 Å². The lowest BCUT2D eigenvalue weighted by Crippen LogP contribution is -2.53. The monoisotopic (exact) mass is 326 g/mol. The van der Waals surface area contributed by atoms with Gasteiger partial charge in [0.1, 0.15) is 6.04 Å². The van der Waals surface area contributed by atoms with E-state index in [0.29, 0.717) is 12.5 Å². The van der Waals surface area contributed by atoms with Gasteiger partial charge in [-0.3, -0.25) is 4.79 Å². The minimum absolute atomic E-state index is 0.00420. The van der Waals surface area contributed by atoms with Gasteiger partial charge in [0.25, 0.3) is 0 Å². The normalized spacial score (nSPS) is 28.7. The number of likely N-dealkylation sites (tertiary alicyclic amines) is 1. The smallest absolute Gasteiger partial charge is 0.407 e. The van der Waals surface area contributed by atoms with Gasteiger partial charge in [-0.2, -0.15) is 0 Å². The second-order valence-electron chi connectivity index (χ2n) is 7.47. The Kier molecular flexibility index (Phi) is 5.55. The van der Waals surface area contributed by atoms with Crippen molar-refractivity contribution < 1.29 is 19.1 Å². The summed E-state index contributed by atoms with van der Waals surface area (Å²) in [6, 6.07) is -0.415. The molecule has 0 saturated carbocycles. The van der Waals surface area contributed by atoms with Crippen LogP contribution >= 0.6 is 0 Å². The summed E-state index contributed by atoms with van der Waals surface area (Å²) in [5.41, 5.74) is -0.183. The second kappa shape index (κ2) is 7.07. The van der Waals surface area contributed by atoms with E-state index in [1.807, 2.05) is 18.7 Å². The molecule has 1 N–H and O–H groups in total. The highest BCUT2D eigenvalue weighted by Crippen LogP contribution is 2.40. The van der Waals surface area contributed by atoms with Crippen LogP contribution in [0, 0.1) is 11.8 Å². The molecule has 0 aromatic heterocycles. The first-order valence-corrected chi connectivity index (χ1v) is 8.58. The van der Waals surface area contributed by atoms with Gasteiger partial charge in [0.05, 0.1) is 19.3 Å². The first-order valence-electron chi connectivity index (χ1n) is 8.58. The Morgan fingerprint density at radius 3 is 2.48 bits per heavy atom. The highest BCUT2D eigenvalue weighted by molar-refractivity contribution is 5.86. The minimum Gasteiger partial charge on any atom is -0.453 e. The van der Waals surface area contributed by atoms with Crippen molar-refractivity contribution in [1.82, 2.24) is 10.2 Å². The summed E-state index contributed by atoms with van der Waals surface area (Å²) < 4.78 is 10.7. The molecule has 0 aliphatic carbocycles. The Morgan fingerprint density at radius 2 is 2.00 bits per heavy atom. The number of nitrogens with zero attached hydrogens (tertiary/aromatic N) is 1. The molecule has 2 fully saturated rings. The number of nitrogens with one attached hydrogen (secondary N) is 1. The number of ether oxygens (including phenoxy) is 2. The van der Waals surface area contributed by atoms with Crippen LogP contribution < -0.4 is 5.32 Å². The Balaban J connectivity index is 2.18. The third kappa shape index (κ3) is 3.79. The summed E-state index contributed by atoms with van der Waals surface area (Å²) in [5.74, 6) is 0.320. The molecule has 2 rings (SSSR count). The van der Waals surface area contributed by atoms with Gasteiger partial charge in [-0.05, 0) is 31.1 Å². The lowest BCUT2D eigenvalue weighted by atomic mass is 9.92. The Labute approximate surface area is 138 Å². The van der Waals surface area contributed by atoms with Gasteiger partial charge < -0.3 is 19.7 Å². The molecule has 2 heterocycles. The van der Waals surface area contributed by atoms with E-state index in [4.69, 9.17) is 4.74 Å². The van der Waals surface area contributed by atoms with E-state index < -0.39 is 12.1 Å². The molecular formula is C17H30N2O4. The number of alkyl carbamates (subject to hydrolysis) is 1. The van der Waals surface area contributed by atoms with E-state index in [2.05, 4.69) is 23.9 Å². The zero-order chi connectivity index (χ0) is 17.2. The predicted molar refractivity (Wildman–Crippen MR) is 87.0 cm³/mol. The molecule has 0 aromatic rings. The fourth-order valence-corrected chi connectivity index (χ4v) is 3.74. The number of carbonyl (C=O) groups excluding carboxylic acids is 2. The van der Waals surface area contributed by atoms with Crippen LogP contribution in [-0.4, -0.2) is 54.8 Å². The number of carbonyl (C=O) groups is 2. The SMILES string of the molecule is COC(=O)N[C@H](C(=O)N1C[C@@]2(CCCO2)C[C@H]1C(C)C)C(C)C. The van der Waals surface area contributed by atoms with E-state index in [1.54, 1.807) is 0 Å². The third-order valence-electron chi connectivity index (χ3n) is 5.07. The van der Waals surface area contributed by atoms with Gasteiger partial charge in [-0.1, -0.05) is 27.7 Å². The topological polar surface area (TPSA) is 67.9 Å². The molecule has 2 saturated heterocycles. The average Bonchev–Trinajstić information content (AvgIpc) is 3.11. The zero-order valence-corrected chi connectivity index (χ0v) is 14.9. The number of rotatable bonds is 4. The molecule has 1 spiro atoms. The van der Waals surface area contributed by atoms with E-state index in [1.165, 1.54) is 7.11 Å². The lowest BCUT2D eigenvalue weighted by Gasteiger charge is -2.32. The van der Waals surface area contributed by atoms with Crippen LogP contribution in [0.25, 0.3) is 0 Å². The zero-order valence-electron chi connectivity index (χ0n) is 14.9. The molecule has 2 amide bonds. The van der Waals surface area contributed by atoms with Gasteiger partial charge in [-0.15, -0.1) is 0 Å². The maximum Gasteiger partial charge on any atom is 0.407 e. The molecule has 6 nitrogen and oxygen atoms in total. The van der Waals surface area contributed by atoms with Gasteiger partial charge in [0.15, 0.2) is 0 Å². The van der Waals surface area contributed by atoms with Crippen LogP contribution in [0.15, 0.2) is 0 Å². The van der Waals surface area contributed by atoms with Crippen molar-refractivity contribution in [3.05, 3.63) is 0 Å². The van der Waals surface area contributed by atoms with Crippen LogP contribution in [0.2, 0.25) is 0 Å². The first-order chi connectivity index (χ1) is 10.8. The number of methoxy groups -OCH3 is 1. The summed E-state index contributed by atoms with van der Waals surface area (Å²) in [7, 11) is 1.31. The molecule has 0 bridgehead atoms. The molecule has 23 heavy (non-hydrogen) atoms. The minimum atomic E-state index is -0.569. The fourth-order valence-electron chi connectivity index (χ4n) is 3.74. The summed E-state index contributed by atoms with van der Waals surface area (Å²) in [4.78, 5) is 26.6. The maximum atomic E-state index is 13.1. The quantitative estimate of drug-likeness (QED) is 0.860. The Morgan fingerprint density at radius 1 is 1.30 bits per heavy atom. The molecule has 2 aliphatic rings. The Bertz CT molecular complexity index is 444. The van der Waals surface area contributed by atoms with Crippen LogP contribution in [0.3, 0.4) is 0 Å². The predicted octanol–water partition coefficient (Wildman–Crippen LogP) is 2.17. The van der Waals surface area contributed by atoms with Gasteiger partial charge in [0.2, 0.25) is 5.91 Å². The summed E-state index contributed by atoms with van der Waals surface area (Å²) in [6.07, 6.45) is 2.39. The molecule has 0 unspecified atom stereocenters. The van der Waals surface area contributed by atoms with E-state index in [0.717, 1.165) is 25.9 Å².